The third-order valence-corrected chi connectivity index (χ3v) is 10.3. The van der Waals surface area contributed by atoms with Crippen LogP contribution in [0.4, 0.5) is 0 Å². The molecule has 160 valence electrons. The van der Waals surface area contributed by atoms with Gasteiger partial charge in [-0.15, -0.1) is 0 Å². The van der Waals surface area contributed by atoms with Crippen molar-refractivity contribution >= 4 is 5.78 Å². The van der Waals surface area contributed by atoms with Crippen LogP contribution in [-0.4, -0.2) is 17.0 Å². The Bertz CT molecular complexity index is 597. The number of rotatable bonds is 4. The van der Waals surface area contributed by atoms with Crippen LogP contribution in [0.1, 0.15) is 98.8 Å². The summed E-state index contributed by atoms with van der Waals surface area (Å²) in [7, 11) is 0. The lowest BCUT2D eigenvalue weighted by molar-refractivity contribution is -0.160. The van der Waals surface area contributed by atoms with Crippen molar-refractivity contribution in [2.45, 2.75) is 105 Å². The second kappa shape index (κ2) is 7.40. The van der Waals surface area contributed by atoms with Gasteiger partial charge in [0, 0.05) is 12.3 Å². The summed E-state index contributed by atoms with van der Waals surface area (Å²) in [6, 6.07) is 0. The number of Topliss-reactive ketones (excluding diaryl/α,β-unsaturated/α-hetero) is 1. The lowest BCUT2D eigenvalue weighted by Gasteiger charge is -2.60. The highest BCUT2D eigenvalue weighted by molar-refractivity contribution is 5.83. The first-order valence-corrected chi connectivity index (χ1v) is 12.4. The second-order valence-electron chi connectivity index (χ2n) is 12.2. The summed E-state index contributed by atoms with van der Waals surface area (Å²) in [4.78, 5) is 13.2. The molecule has 1 N–H and O–H groups in total. The number of carbonyl (C=O) groups excluding carboxylic acids is 1. The van der Waals surface area contributed by atoms with E-state index in [9.17, 15) is 9.90 Å². The second-order valence-corrected chi connectivity index (χ2v) is 12.2. The van der Waals surface area contributed by atoms with Crippen molar-refractivity contribution in [1.29, 1.82) is 0 Å². The first-order chi connectivity index (χ1) is 13.2. The van der Waals surface area contributed by atoms with Crippen molar-refractivity contribution in [2.24, 2.45) is 52.3 Å². The Hall–Kier alpha value is -0.370. The molecule has 2 heteroatoms. The Morgan fingerprint density at radius 2 is 1.68 bits per heavy atom. The third kappa shape index (κ3) is 3.21. The molecule has 28 heavy (non-hydrogen) atoms. The van der Waals surface area contributed by atoms with Crippen molar-refractivity contribution in [1.82, 2.24) is 0 Å². The van der Waals surface area contributed by atoms with Gasteiger partial charge in [-0.3, -0.25) is 4.79 Å². The predicted molar refractivity (Wildman–Crippen MR) is 115 cm³/mol. The van der Waals surface area contributed by atoms with Crippen LogP contribution >= 0.6 is 0 Å². The van der Waals surface area contributed by atoms with Gasteiger partial charge >= 0.3 is 0 Å². The molecule has 0 amide bonds. The average molecular weight is 389 g/mol. The molecule has 4 aliphatic rings. The number of hydrogen-bond acceptors (Lipinski definition) is 2. The number of ketones is 1. The number of fused-ring (bicyclic) bond motifs is 5. The van der Waals surface area contributed by atoms with Crippen molar-refractivity contribution < 1.29 is 9.90 Å². The normalized spacial score (nSPS) is 49.5. The molecule has 2 nitrogen and oxygen atoms in total. The Kier molecular flexibility index (Phi) is 5.52. The zero-order valence-corrected chi connectivity index (χ0v) is 19.0. The molecule has 0 unspecified atom stereocenters. The van der Waals surface area contributed by atoms with E-state index in [-0.39, 0.29) is 17.4 Å². The zero-order valence-electron chi connectivity index (χ0n) is 19.0. The summed E-state index contributed by atoms with van der Waals surface area (Å²) in [5, 5.41) is 10.4. The molecule has 0 aromatic rings. The van der Waals surface area contributed by atoms with Gasteiger partial charge in [0.05, 0.1) is 6.10 Å². The van der Waals surface area contributed by atoms with Crippen molar-refractivity contribution in [3.8, 4) is 0 Å². The van der Waals surface area contributed by atoms with Gasteiger partial charge < -0.3 is 5.11 Å². The highest BCUT2D eigenvalue weighted by Gasteiger charge is 2.62. The van der Waals surface area contributed by atoms with Gasteiger partial charge in [0.1, 0.15) is 5.78 Å². The maximum atomic E-state index is 13.2. The number of hydrogen-bond donors (Lipinski definition) is 1. The average Bonchev–Trinajstić information content (AvgIpc) is 2.96. The lowest BCUT2D eigenvalue weighted by atomic mass is 9.44. The van der Waals surface area contributed by atoms with E-state index in [1.807, 2.05) is 0 Å². The molecule has 0 aliphatic heterocycles. The molecule has 0 aromatic heterocycles. The monoisotopic (exact) mass is 388 g/mol. The van der Waals surface area contributed by atoms with Crippen molar-refractivity contribution in [3.63, 3.8) is 0 Å². The van der Waals surface area contributed by atoms with Crippen LogP contribution in [0, 0.1) is 52.3 Å². The number of carbonyl (C=O) groups is 1. The molecule has 0 bridgehead atoms. The number of aliphatic hydroxyl groups is 1. The largest absolute Gasteiger partial charge is 0.393 e. The van der Waals surface area contributed by atoms with Crippen molar-refractivity contribution in [2.75, 3.05) is 0 Å². The Morgan fingerprint density at radius 3 is 2.39 bits per heavy atom. The fraction of sp³-hybridized carbons (Fsp3) is 0.962. The van der Waals surface area contributed by atoms with Gasteiger partial charge in [0.15, 0.2) is 0 Å². The van der Waals surface area contributed by atoms with E-state index >= 15 is 0 Å². The van der Waals surface area contributed by atoms with Crippen LogP contribution in [0.25, 0.3) is 0 Å². The van der Waals surface area contributed by atoms with E-state index in [2.05, 4.69) is 34.6 Å². The maximum Gasteiger partial charge on any atom is 0.136 e. The van der Waals surface area contributed by atoms with Crippen LogP contribution < -0.4 is 0 Å². The molecular weight excluding hydrogens is 344 g/mol. The minimum atomic E-state index is -0.187. The lowest BCUT2D eigenvalue weighted by Crippen LogP contribution is -2.57. The van der Waals surface area contributed by atoms with Gasteiger partial charge in [-0.05, 0) is 91.3 Å². The molecule has 0 saturated heterocycles. The van der Waals surface area contributed by atoms with E-state index < -0.39 is 0 Å². The van der Waals surface area contributed by atoms with Gasteiger partial charge in [-0.1, -0.05) is 47.5 Å². The van der Waals surface area contributed by atoms with Crippen LogP contribution in [0.2, 0.25) is 0 Å². The van der Waals surface area contributed by atoms with E-state index in [1.54, 1.807) is 0 Å². The van der Waals surface area contributed by atoms with Crippen LogP contribution in [0.3, 0.4) is 0 Å². The van der Waals surface area contributed by atoms with E-state index in [0.717, 1.165) is 49.4 Å². The van der Waals surface area contributed by atoms with E-state index in [4.69, 9.17) is 0 Å². The molecule has 9 atom stereocenters. The quantitative estimate of drug-likeness (QED) is 0.617. The summed E-state index contributed by atoms with van der Waals surface area (Å²) in [6.45, 7) is 12.2. The fourth-order valence-electron chi connectivity index (χ4n) is 8.92. The first-order valence-electron chi connectivity index (χ1n) is 12.4. The van der Waals surface area contributed by atoms with Gasteiger partial charge in [0.2, 0.25) is 0 Å². The fourth-order valence-corrected chi connectivity index (χ4v) is 8.92. The third-order valence-electron chi connectivity index (χ3n) is 10.3. The Morgan fingerprint density at radius 1 is 0.964 bits per heavy atom. The highest BCUT2D eigenvalue weighted by Crippen LogP contribution is 2.67. The van der Waals surface area contributed by atoms with E-state index in [0.29, 0.717) is 23.0 Å². The van der Waals surface area contributed by atoms with E-state index in [1.165, 1.54) is 38.5 Å². The standard InChI is InChI=1S/C26H44O2/c1-16(2)6-7-17(3)20-10-11-21-19-14-24(28)23-9-8-18(27)15-26(23,5)22(19)12-13-25(20,21)4/h16-23,27H,6-15H2,1-5H3/t17-,18+,19+,20-,21+,22+,23-,25-,26-/m1/s1. The topological polar surface area (TPSA) is 37.3 Å². The summed E-state index contributed by atoms with van der Waals surface area (Å²) < 4.78 is 0. The van der Waals surface area contributed by atoms with Crippen LogP contribution in [-0.2, 0) is 4.79 Å². The smallest absolute Gasteiger partial charge is 0.136 e. The molecule has 0 spiro atoms. The molecule has 0 heterocycles. The summed E-state index contributed by atoms with van der Waals surface area (Å²) in [5.74, 6) is 5.20. The molecule has 4 aliphatic carbocycles. The summed E-state index contributed by atoms with van der Waals surface area (Å²) >= 11 is 0. The van der Waals surface area contributed by atoms with Gasteiger partial charge in [-0.2, -0.15) is 0 Å². The van der Waals surface area contributed by atoms with Gasteiger partial charge in [0.25, 0.3) is 0 Å². The molecule has 0 radical (unpaired) electrons. The first kappa shape index (κ1) is 20.9. The Labute approximate surface area is 173 Å². The minimum absolute atomic E-state index is 0.0559. The Balaban J connectivity index is 1.56. The molecule has 4 saturated carbocycles. The van der Waals surface area contributed by atoms with Crippen LogP contribution in [0.15, 0.2) is 0 Å². The highest BCUT2D eigenvalue weighted by atomic mass is 16.3. The molecular formula is C26H44O2. The maximum absolute atomic E-state index is 13.2. The predicted octanol–water partition coefficient (Wildman–Crippen LogP) is 6.26. The van der Waals surface area contributed by atoms with Gasteiger partial charge in [-0.25, -0.2) is 0 Å². The molecule has 0 aromatic carbocycles. The number of aliphatic hydroxyl groups excluding tert-OH is 1. The summed E-state index contributed by atoms with van der Waals surface area (Å²) in [5.41, 5.74) is 0.495. The SMILES string of the molecule is CC(C)CC[C@@H](C)[C@H]1CC[C@H]2[C@@H]3CC(=O)[C@H]4CC[C@H](O)C[C@]4(C)[C@H]3CC[C@]12C. The molecule has 4 rings (SSSR count). The molecule has 4 fully saturated rings. The van der Waals surface area contributed by atoms with Crippen LogP contribution in [0.5, 0.6) is 0 Å². The zero-order chi connectivity index (χ0) is 20.3. The summed E-state index contributed by atoms with van der Waals surface area (Å²) in [6.07, 6.45) is 11.3. The minimum Gasteiger partial charge on any atom is -0.393 e. The van der Waals surface area contributed by atoms with Crippen molar-refractivity contribution in [3.05, 3.63) is 0 Å².